The average Bonchev–Trinajstić information content (AvgIpc) is 3.08. The summed E-state index contributed by atoms with van der Waals surface area (Å²) >= 11 is 0. The zero-order valence-corrected chi connectivity index (χ0v) is 14.9. The molecule has 1 saturated heterocycles. The molecule has 6 heteroatoms. The molecule has 0 radical (unpaired) electrons. The van der Waals surface area contributed by atoms with Crippen molar-refractivity contribution in [1.82, 2.24) is 5.32 Å². The average molecular weight is 354 g/mol. The first-order chi connectivity index (χ1) is 12.6. The number of methoxy groups -OCH3 is 2. The molecule has 0 aromatic heterocycles. The normalized spacial score (nSPS) is 16.5. The standard InChI is InChI=1S/C20H22N2O4/c1-25-16-8-9-17(18(11-16)26-2)22-13-15(10-19(22)23)20(24)21-12-14-6-4-3-5-7-14/h3-9,11,15H,10,12-13H2,1-2H3,(H,21,24)/t15-/m0/s1. The summed E-state index contributed by atoms with van der Waals surface area (Å²) in [4.78, 5) is 26.5. The number of carbonyl (C=O) groups is 2. The lowest BCUT2D eigenvalue weighted by Gasteiger charge is -2.20. The topological polar surface area (TPSA) is 67.9 Å². The number of anilines is 1. The maximum atomic E-state index is 12.5. The predicted octanol–water partition coefficient (Wildman–Crippen LogP) is 2.37. The van der Waals surface area contributed by atoms with Gasteiger partial charge in [0.2, 0.25) is 11.8 Å². The van der Waals surface area contributed by atoms with Crippen molar-refractivity contribution in [2.45, 2.75) is 13.0 Å². The molecule has 2 aromatic rings. The SMILES string of the molecule is COc1ccc(N2C[C@@H](C(=O)NCc3ccccc3)CC2=O)c(OC)c1. The molecule has 0 saturated carbocycles. The summed E-state index contributed by atoms with van der Waals surface area (Å²) in [6.45, 7) is 0.790. The van der Waals surface area contributed by atoms with E-state index in [4.69, 9.17) is 9.47 Å². The van der Waals surface area contributed by atoms with E-state index in [2.05, 4.69) is 5.32 Å². The fourth-order valence-electron chi connectivity index (χ4n) is 3.05. The molecule has 1 aliphatic rings. The fourth-order valence-corrected chi connectivity index (χ4v) is 3.05. The predicted molar refractivity (Wildman–Crippen MR) is 98.3 cm³/mol. The van der Waals surface area contributed by atoms with Gasteiger partial charge in [-0.2, -0.15) is 0 Å². The van der Waals surface area contributed by atoms with Gasteiger partial charge in [-0.25, -0.2) is 0 Å². The van der Waals surface area contributed by atoms with E-state index in [-0.39, 0.29) is 24.2 Å². The van der Waals surface area contributed by atoms with E-state index in [1.54, 1.807) is 37.3 Å². The highest BCUT2D eigenvalue weighted by atomic mass is 16.5. The molecule has 2 aromatic carbocycles. The third-order valence-electron chi connectivity index (χ3n) is 4.48. The summed E-state index contributed by atoms with van der Waals surface area (Å²) in [5.41, 5.74) is 1.68. The zero-order valence-electron chi connectivity index (χ0n) is 14.9. The molecule has 1 N–H and O–H groups in total. The van der Waals surface area contributed by atoms with Gasteiger partial charge in [-0.05, 0) is 17.7 Å². The molecule has 2 amide bonds. The minimum absolute atomic E-state index is 0.0895. The molecular weight excluding hydrogens is 332 g/mol. The Hall–Kier alpha value is -3.02. The van der Waals surface area contributed by atoms with Gasteiger partial charge in [-0.1, -0.05) is 30.3 Å². The van der Waals surface area contributed by atoms with Crippen LogP contribution in [0.2, 0.25) is 0 Å². The minimum Gasteiger partial charge on any atom is -0.497 e. The number of ether oxygens (including phenoxy) is 2. The van der Waals surface area contributed by atoms with E-state index < -0.39 is 0 Å². The van der Waals surface area contributed by atoms with Crippen LogP contribution in [-0.2, 0) is 16.1 Å². The molecule has 1 fully saturated rings. The van der Waals surface area contributed by atoms with E-state index in [1.165, 1.54) is 0 Å². The number of rotatable bonds is 6. The van der Waals surface area contributed by atoms with Crippen LogP contribution in [0.1, 0.15) is 12.0 Å². The van der Waals surface area contributed by atoms with Gasteiger partial charge in [-0.3, -0.25) is 9.59 Å². The van der Waals surface area contributed by atoms with Crippen LogP contribution in [0.3, 0.4) is 0 Å². The number of hydrogen-bond acceptors (Lipinski definition) is 4. The van der Waals surface area contributed by atoms with Crippen LogP contribution in [0.25, 0.3) is 0 Å². The summed E-state index contributed by atoms with van der Waals surface area (Å²) in [7, 11) is 3.12. The summed E-state index contributed by atoms with van der Waals surface area (Å²) < 4.78 is 10.6. The molecule has 26 heavy (non-hydrogen) atoms. The number of nitrogens with one attached hydrogen (secondary N) is 1. The Labute approximate surface area is 152 Å². The lowest BCUT2D eigenvalue weighted by atomic mass is 10.1. The molecule has 1 aliphatic heterocycles. The number of benzene rings is 2. The van der Waals surface area contributed by atoms with Gasteiger partial charge in [0.05, 0.1) is 25.8 Å². The molecule has 6 nitrogen and oxygen atoms in total. The Kier molecular flexibility index (Phi) is 5.41. The van der Waals surface area contributed by atoms with Gasteiger partial charge < -0.3 is 19.7 Å². The van der Waals surface area contributed by atoms with Crippen molar-refractivity contribution >= 4 is 17.5 Å². The van der Waals surface area contributed by atoms with Gasteiger partial charge in [-0.15, -0.1) is 0 Å². The van der Waals surface area contributed by atoms with Crippen LogP contribution in [0.5, 0.6) is 11.5 Å². The van der Waals surface area contributed by atoms with Crippen LogP contribution >= 0.6 is 0 Å². The van der Waals surface area contributed by atoms with Gasteiger partial charge in [0.15, 0.2) is 0 Å². The van der Waals surface area contributed by atoms with Crippen LogP contribution in [0.4, 0.5) is 5.69 Å². The largest absolute Gasteiger partial charge is 0.497 e. The lowest BCUT2D eigenvalue weighted by Crippen LogP contribution is -2.32. The number of amides is 2. The second kappa shape index (κ2) is 7.91. The van der Waals surface area contributed by atoms with Crippen LogP contribution < -0.4 is 19.7 Å². The quantitative estimate of drug-likeness (QED) is 0.865. The van der Waals surface area contributed by atoms with Gasteiger partial charge in [0.1, 0.15) is 11.5 Å². The van der Waals surface area contributed by atoms with Gasteiger partial charge >= 0.3 is 0 Å². The van der Waals surface area contributed by atoms with E-state index in [0.717, 1.165) is 5.56 Å². The summed E-state index contributed by atoms with van der Waals surface area (Å²) in [6.07, 6.45) is 0.190. The minimum atomic E-state index is -0.377. The molecule has 0 spiro atoms. The van der Waals surface area contributed by atoms with E-state index in [9.17, 15) is 9.59 Å². The Morgan fingerprint density at radius 3 is 2.62 bits per heavy atom. The third-order valence-corrected chi connectivity index (χ3v) is 4.48. The van der Waals surface area contributed by atoms with Gasteiger partial charge in [0.25, 0.3) is 0 Å². The Morgan fingerprint density at radius 2 is 1.92 bits per heavy atom. The second-order valence-corrected chi connectivity index (χ2v) is 6.15. The van der Waals surface area contributed by atoms with E-state index >= 15 is 0 Å². The summed E-state index contributed by atoms with van der Waals surface area (Å²) in [5, 5.41) is 2.91. The smallest absolute Gasteiger partial charge is 0.227 e. The van der Waals surface area contributed by atoms with Crippen molar-refractivity contribution in [3.63, 3.8) is 0 Å². The van der Waals surface area contributed by atoms with E-state index in [0.29, 0.717) is 30.3 Å². The van der Waals surface area contributed by atoms with Crippen molar-refractivity contribution in [2.75, 3.05) is 25.7 Å². The van der Waals surface area contributed by atoms with E-state index in [1.807, 2.05) is 30.3 Å². The summed E-state index contributed by atoms with van der Waals surface area (Å²) in [5.74, 6) is 0.612. The zero-order chi connectivity index (χ0) is 18.5. The number of hydrogen-bond donors (Lipinski definition) is 1. The summed E-state index contributed by atoms with van der Waals surface area (Å²) in [6, 6.07) is 15.0. The molecule has 1 heterocycles. The molecule has 136 valence electrons. The molecule has 0 aliphatic carbocycles. The Morgan fingerprint density at radius 1 is 1.15 bits per heavy atom. The van der Waals surface area contributed by atoms with Crippen molar-refractivity contribution in [3.05, 3.63) is 54.1 Å². The first-order valence-electron chi connectivity index (χ1n) is 8.46. The van der Waals surface area contributed by atoms with Crippen LogP contribution in [0, 0.1) is 5.92 Å². The Balaban J connectivity index is 1.67. The maximum absolute atomic E-state index is 12.5. The highest BCUT2D eigenvalue weighted by molar-refractivity contribution is 6.01. The monoisotopic (exact) mass is 354 g/mol. The number of carbonyl (C=O) groups excluding carboxylic acids is 2. The molecule has 1 atom stereocenters. The molecule has 0 unspecified atom stereocenters. The van der Waals surface area contributed by atoms with Crippen molar-refractivity contribution in [3.8, 4) is 11.5 Å². The molecule has 3 rings (SSSR count). The molecular formula is C20H22N2O4. The lowest BCUT2D eigenvalue weighted by molar-refractivity contribution is -0.126. The third kappa shape index (κ3) is 3.79. The first kappa shape index (κ1) is 17.8. The number of nitrogens with zero attached hydrogens (tertiary/aromatic N) is 1. The van der Waals surface area contributed by atoms with Crippen LogP contribution in [0.15, 0.2) is 48.5 Å². The highest BCUT2D eigenvalue weighted by Crippen LogP contribution is 2.35. The highest BCUT2D eigenvalue weighted by Gasteiger charge is 2.36. The molecule has 0 bridgehead atoms. The van der Waals surface area contributed by atoms with Gasteiger partial charge in [0, 0.05) is 25.6 Å². The maximum Gasteiger partial charge on any atom is 0.227 e. The van der Waals surface area contributed by atoms with Crippen LogP contribution in [-0.4, -0.2) is 32.6 Å². The van der Waals surface area contributed by atoms with Crippen molar-refractivity contribution in [1.29, 1.82) is 0 Å². The first-order valence-corrected chi connectivity index (χ1v) is 8.46. The van der Waals surface area contributed by atoms with Crippen molar-refractivity contribution < 1.29 is 19.1 Å². The second-order valence-electron chi connectivity index (χ2n) is 6.15. The van der Waals surface area contributed by atoms with Crippen molar-refractivity contribution in [2.24, 2.45) is 5.92 Å². The Bertz CT molecular complexity index is 792. The fraction of sp³-hybridized carbons (Fsp3) is 0.300.